The summed E-state index contributed by atoms with van der Waals surface area (Å²) in [6, 6.07) is -0.0611. The first kappa shape index (κ1) is 16.5. The third-order valence-corrected chi connectivity index (χ3v) is 9.68. The van der Waals surface area contributed by atoms with E-state index in [0.29, 0.717) is 25.2 Å². The molecule has 1 aliphatic heterocycles. The van der Waals surface area contributed by atoms with E-state index < -0.39 is 10.8 Å². The van der Waals surface area contributed by atoms with E-state index in [1.807, 2.05) is 11.8 Å². The second kappa shape index (κ2) is 4.56. The normalized spacial score (nSPS) is 54.7. The second-order valence-corrected chi connectivity index (χ2v) is 10.4. The molecule has 5 heteroatoms. The zero-order valence-corrected chi connectivity index (χ0v) is 15.9. The fourth-order valence-corrected chi connectivity index (χ4v) is 9.43. The third kappa shape index (κ3) is 1.42. The number of hydrogen-bond donors (Lipinski definition) is 1. The number of carbonyl (C=O) groups is 3. The van der Waals surface area contributed by atoms with Crippen molar-refractivity contribution in [3.8, 4) is 0 Å². The second-order valence-electron chi connectivity index (χ2n) is 10.4. The number of carbonyl (C=O) groups excluding carboxylic acids is 3. The van der Waals surface area contributed by atoms with Gasteiger partial charge in [0.05, 0.1) is 12.0 Å². The molecular weight excluding hydrogens is 342 g/mol. The van der Waals surface area contributed by atoms with Gasteiger partial charge < -0.3 is 10.0 Å². The molecule has 0 aromatic carbocycles. The highest BCUT2D eigenvalue weighted by Crippen LogP contribution is 2.81. The van der Waals surface area contributed by atoms with Crippen LogP contribution in [0.25, 0.3) is 0 Å². The van der Waals surface area contributed by atoms with Crippen LogP contribution in [0, 0.1) is 39.9 Å². The van der Waals surface area contributed by atoms with Gasteiger partial charge in [0.25, 0.3) is 0 Å². The van der Waals surface area contributed by atoms with Gasteiger partial charge in [-0.3, -0.25) is 14.4 Å². The Morgan fingerprint density at radius 1 is 1.19 bits per heavy atom. The van der Waals surface area contributed by atoms with Gasteiger partial charge in [-0.25, -0.2) is 0 Å². The molecule has 0 aromatic heterocycles. The van der Waals surface area contributed by atoms with E-state index in [4.69, 9.17) is 0 Å². The van der Waals surface area contributed by atoms with Crippen molar-refractivity contribution in [1.29, 1.82) is 0 Å². The minimum Gasteiger partial charge on any atom is -0.395 e. The number of allylic oxidation sites excluding steroid dienone is 1. The number of likely N-dealkylation sites (tertiary alicyclic amines) is 1. The third-order valence-electron chi connectivity index (χ3n) is 9.68. The maximum Gasteiger partial charge on any atom is 0.229 e. The SMILES string of the molecule is C=C1CC23CC(=O)C4C5(C)CCCC46C(C2CC1C(=O)C36)N(CCO)C5=O. The topological polar surface area (TPSA) is 74.7 Å². The number of aliphatic hydroxyl groups is 1. The molecule has 0 radical (unpaired) electrons. The number of ketones is 2. The lowest BCUT2D eigenvalue weighted by atomic mass is 9.39. The van der Waals surface area contributed by atoms with Crippen LogP contribution in [0.5, 0.6) is 0 Å². The predicted molar refractivity (Wildman–Crippen MR) is 96.4 cm³/mol. The molecule has 1 heterocycles. The summed E-state index contributed by atoms with van der Waals surface area (Å²) in [6.45, 7) is 6.42. The van der Waals surface area contributed by atoms with Crippen molar-refractivity contribution >= 4 is 17.5 Å². The average molecular weight is 369 g/mol. The van der Waals surface area contributed by atoms with E-state index in [9.17, 15) is 19.5 Å². The molecule has 0 aromatic rings. The summed E-state index contributed by atoms with van der Waals surface area (Å²) in [6.07, 6.45) is 4.45. The van der Waals surface area contributed by atoms with Crippen LogP contribution in [0.2, 0.25) is 0 Å². The first-order valence-corrected chi connectivity index (χ1v) is 10.5. The Hall–Kier alpha value is -1.49. The fourth-order valence-electron chi connectivity index (χ4n) is 9.43. The molecule has 5 nitrogen and oxygen atoms in total. The molecule has 27 heavy (non-hydrogen) atoms. The number of β-amino-alcohol motifs (C(OH)–C–C–N with tert-alkyl or cyclic N) is 1. The lowest BCUT2D eigenvalue weighted by Crippen LogP contribution is -2.72. The monoisotopic (exact) mass is 369 g/mol. The average Bonchev–Trinajstić information content (AvgIpc) is 2.69. The van der Waals surface area contributed by atoms with Crippen molar-refractivity contribution in [3.63, 3.8) is 0 Å². The van der Waals surface area contributed by atoms with Crippen molar-refractivity contribution in [2.75, 3.05) is 13.2 Å². The molecule has 1 N–H and O–H groups in total. The number of nitrogens with zero attached hydrogens (tertiary/aromatic N) is 1. The lowest BCUT2D eigenvalue weighted by Gasteiger charge is -2.64. The van der Waals surface area contributed by atoms with E-state index in [1.165, 1.54) is 0 Å². The van der Waals surface area contributed by atoms with Crippen molar-refractivity contribution in [1.82, 2.24) is 4.90 Å². The zero-order chi connectivity index (χ0) is 18.9. The van der Waals surface area contributed by atoms with E-state index in [-0.39, 0.29) is 53.4 Å². The maximum absolute atomic E-state index is 13.6. The summed E-state index contributed by atoms with van der Waals surface area (Å²) >= 11 is 0. The fraction of sp³-hybridized carbons (Fsp3) is 0.773. The summed E-state index contributed by atoms with van der Waals surface area (Å²) in [4.78, 5) is 42.7. The van der Waals surface area contributed by atoms with E-state index in [0.717, 1.165) is 31.3 Å². The smallest absolute Gasteiger partial charge is 0.229 e. The van der Waals surface area contributed by atoms with Crippen molar-refractivity contribution in [3.05, 3.63) is 12.2 Å². The summed E-state index contributed by atoms with van der Waals surface area (Å²) in [5, 5.41) is 9.72. The molecule has 6 bridgehead atoms. The Labute approximate surface area is 159 Å². The molecule has 7 fully saturated rings. The molecule has 144 valence electrons. The van der Waals surface area contributed by atoms with Crippen LogP contribution in [-0.4, -0.2) is 46.7 Å². The molecule has 6 saturated carbocycles. The lowest BCUT2D eigenvalue weighted by molar-refractivity contribution is -0.198. The summed E-state index contributed by atoms with van der Waals surface area (Å²) < 4.78 is 0. The minimum absolute atomic E-state index is 0.0435. The number of aliphatic hydroxyl groups excluding tert-OH is 1. The molecule has 8 unspecified atom stereocenters. The maximum atomic E-state index is 13.6. The number of rotatable bonds is 2. The Morgan fingerprint density at radius 2 is 1.96 bits per heavy atom. The van der Waals surface area contributed by atoms with E-state index >= 15 is 0 Å². The van der Waals surface area contributed by atoms with Crippen LogP contribution in [0.4, 0.5) is 0 Å². The van der Waals surface area contributed by atoms with Gasteiger partial charge in [0, 0.05) is 42.2 Å². The van der Waals surface area contributed by atoms with E-state index in [1.54, 1.807) is 0 Å². The van der Waals surface area contributed by atoms with Gasteiger partial charge >= 0.3 is 0 Å². The van der Waals surface area contributed by atoms with Crippen LogP contribution < -0.4 is 0 Å². The Kier molecular flexibility index (Phi) is 2.78. The van der Waals surface area contributed by atoms with Crippen LogP contribution >= 0.6 is 0 Å². The number of amides is 1. The van der Waals surface area contributed by atoms with Gasteiger partial charge in [0.2, 0.25) is 5.91 Å². The number of hydrogen-bond acceptors (Lipinski definition) is 4. The van der Waals surface area contributed by atoms with Crippen LogP contribution in [0.15, 0.2) is 12.2 Å². The summed E-state index contributed by atoms with van der Waals surface area (Å²) in [5.41, 5.74) is -0.427. The zero-order valence-electron chi connectivity index (χ0n) is 15.9. The molecule has 1 saturated heterocycles. The molecule has 7 aliphatic rings. The molecule has 1 amide bonds. The van der Waals surface area contributed by atoms with Gasteiger partial charge in [0.1, 0.15) is 11.6 Å². The highest BCUT2D eigenvalue weighted by atomic mass is 16.3. The van der Waals surface area contributed by atoms with Gasteiger partial charge in [-0.2, -0.15) is 0 Å². The van der Waals surface area contributed by atoms with Crippen LogP contribution in [0.1, 0.15) is 45.4 Å². The molecule has 6 aliphatic carbocycles. The first-order chi connectivity index (χ1) is 12.8. The standard InChI is InChI=1S/C22H27NO4/c1-11-9-21-10-14(25)16-20(2)4-3-5-22(16)17(21)15(26)12(11)8-13(21)18(22)23(6-7-24)19(20)27/h12-13,16-18,24H,1,3-10H2,2H3. The van der Waals surface area contributed by atoms with E-state index in [2.05, 4.69) is 6.58 Å². The Morgan fingerprint density at radius 3 is 2.70 bits per heavy atom. The highest BCUT2D eigenvalue weighted by Gasteiger charge is 2.85. The van der Waals surface area contributed by atoms with Gasteiger partial charge in [-0.15, -0.1) is 0 Å². The van der Waals surface area contributed by atoms with Crippen molar-refractivity contribution in [2.45, 2.75) is 51.5 Å². The number of piperidine rings is 1. The molecular formula is C22H27NO4. The molecule has 8 atom stereocenters. The largest absolute Gasteiger partial charge is 0.395 e. The van der Waals surface area contributed by atoms with Gasteiger partial charge in [-0.1, -0.05) is 25.5 Å². The Balaban J connectivity index is 1.67. The summed E-state index contributed by atoms with van der Waals surface area (Å²) in [5.74, 6) is 0.271. The van der Waals surface area contributed by atoms with Crippen molar-refractivity contribution < 1.29 is 19.5 Å². The Bertz CT molecular complexity index is 834. The van der Waals surface area contributed by atoms with Crippen LogP contribution in [0.3, 0.4) is 0 Å². The minimum atomic E-state index is -0.712. The quantitative estimate of drug-likeness (QED) is 0.753. The number of Topliss-reactive ketones (excluding diaryl/α,β-unsaturated/α-hetero) is 2. The predicted octanol–water partition coefficient (Wildman–Crippen LogP) is 1.74. The number of fused-ring (bicyclic) bond motifs is 1. The first-order valence-electron chi connectivity index (χ1n) is 10.5. The van der Waals surface area contributed by atoms with Gasteiger partial charge in [-0.05, 0) is 37.0 Å². The van der Waals surface area contributed by atoms with Crippen LogP contribution in [-0.2, 0) is 14.4 Å². The molecule has 7 rings (SSSR count). The van der Waals surface area contributed by atoms with Crippen molar-refractivity contribution in [2.24, 2.45) is 39.9 Å². The summed E-state index contributed by atoms with van der Waals surface area (Å²) in [7, 11) is 0. The molecule has 2 spiro atoms. The van der Waals surface area contributed by atoms with Gasteiger partial charge in [0.15, 0.2) is 0 Å². The highest BCUT2D eigenvalue weighted by molar-refractivity contribution is 6.01.